The van der Waals surface area contributed by atoms with Crippen LogP contribution in [0.4, 0.5) is 11.4 Å². The first-order valence-corrected chi connectivity index (χ1v) is 12.1. The lowest BCUT2D eigenvalue weighted by Gasteiger charge is -2.35. The summed E-state index contributed by atoms with van der Waals surface area (Å²) in [7, 11) is 2.12. The van der Waals surface area contributed by atoms with Gasteiger partial charge in [-0.2, -0.15) is 5.10 Å². The lowest BCUT2D eigenvalue weighted by molar-refractivity contribution is 0.101. The van der Waals surface area contributed by atoms with E-state index in [9.17, 15) is 4.79 Å². The SMILES string of the molecule is CN1CCN(c2ccc(Cl)cc2NC(=O)c2cc(-c3cccs3)nn2-c2ccccc2)CC1. The van der Waals surface area contributed by atoms with Gasteiger partial charge in [-0.15, -0.1) is 11.3 Å². The minimum atomic E-state index is -0.230. The van der Waals surface area contributed by atoms with Gasteiger partial charge in [0.05, 0.1) is 21.9 Å². The molecule has 1 saturated heterocycles. The molecule has 0 unspecified atom stereocenters. The molecule has 168 valence electrons. The van der Waals surface area contributed by atoms with Crippen LogP contribution in [0.1, 0.15) is 10.5 Å². The normalized spacial score (nSPS) is 14.4. The number of amides is 1. The van der Waals surface area contributed by atoms with Gasteiger partial charge in [-0.25, -0.2) is 4.68 Å². The van der Waals surface area contributed by atoms with E-state index in [2.05, 4.69) is 22.2 Å². The molecule has 1 fully saturated rings. The van der Waals surface area contributed by atoms with Crippen LogP contribution in [0.15, 0.2) is 72.1 Å². The standard InChI is InChI=1S/C25H24ClN5OS/c1-29-11-13-30(14-12-29)22-10-9-18(26)16-20(22)27-25(32)23-17-21(24-8-5-15-33-24)28-31(23)19-6-3-2-4-7-19/h2-10,15-17H,11-14H2,1H3,(H,27,32). The second kappa shape index (κ2) is 9.39. The predicted molar refractivity (Wildman–Crippen MR) is 136 cm³/mol. The first-order chi connectivity index (χ1) is 16.1. The number of piperazine rings is 1. The molecule has 0 radical (unpaired) electrons. The molecule has 1 N–H and O–H groups in total. The zero-order chi connectivity index (χ0) is 22.8. The Labute approximate surface area is 202 Å². The van der Waals surface area contributed by atoms with Crippen LogP contribution in [-0.4, -0.2) is 53.8 Å². The molecule has 0 aliphatic carbocycles. The van der Waals surface area contributed by atoms with Gasteiger partial charge in [0, 0.05) is 31.2 Å². The summed E-state index contributed by atoms with van der Waals surface area (Å²) in [6, 6.07) is 21.2. The first kappa shape index (κ1) is 21.7. The second-order valence-electron chi connectivity index (χ2n) is 8.05. The summed E-state index contributed by atoms with van der Waals surface area (Å²) in [6.07, 6.45) is 0. The van der Waals surface area contributed by atoms with E-state index in [1.807, 2.05) is 72.1 Å². The molecule has 1 aliphatic heterocycles. The summed E-state index contributed by atoms with van der Waals surface area (Å²) in [5.74, 6) is -0.230. The largest absolute Gasteiger partial charge is 0.367 e. The topological polar surface area (TPSA) is 53.4 Å². The molecule has 0 bridgehead atoms. The molecule has 5 rings (SSSR count). The monoisotopic (exact) mass is 477 g/mol. The smallest absolute Gasteiger partial charge is 0.274 e. The lowest BCUT2D eigenvalue weighted by Crippen LogP contribution is -2.44. The zero-order valence-corrected chi connectivity index (χ0v) is 19.8. The van der Waals surface area contributed by atoms with Crippen molar-refractivity contribution in [3.05, 3.63) is 82.8 Å². The lowest BCUT2D eigenvalue weighted by atomic mass is 10.2. The van der Waals surface area contributed by atoms with E-state index < -0.39 is 0 Å². The third kappa shape index (κ3) is 4.66. The minimum Gasteiger partial charge on any atom is -0.367 e. The van der Waals surface area contributed by atoms with Gasteiger partial charge in [-0.3, -0.25) is 4.79 Å². The third-order valence-corrected chi connectivity index (χ3v) is 6.89. The van der Waals surface area contributed by atoms with Crippen LogP contribution in [0.2, 0.25) is 5.02 Å². The number of carbonyl (C=O) groups excluding carboxylic acids is 1. The molecule has 2 aromatic heterocycles. The number of aromatic nitrogens is 2. The second-order valence-corrected chi connectivity index (χ2v) is 9.43. The number of carbonyl (C=O) groups is 1. The Bertz CT molecular complexity index is 1250. The minimum absolute atomic E-state index is 0.230. The molecule has 0 atom stereocenters. The molecule has 8 heteroatoms. The molecule has 0 saturated carbocycles. The third-order valence-electron chi connectivity index (χ3n) is 5.77. The Morgan fingerprint density at radius 3 is 2.52 bits per heavy atom. The van der Waals surface area contributed by atoms with Gasteiger partial charge in [0.2, 0.25) is 0 Å². The maximum Gasteiger partial charge on any atom is 0.274 e. The van der Waals surface area contributed by atoms with Crippen molar-refractivity contribution in [3.63, 3.8) is 0 Å². The van der Waals surface area contributed by atoms with Crippen LogP contribution >= 0.6 is 22.9 Å². The maximum absolute atomic E-state index is 13.6. The Balaban J connectivity index is 1.50. The van der Waals surface area contributed by atoms with Gasteiger partial charge < -0.3 is 15.1 Å². The van der Waals surface area contributed by atoms with Crippen molar-refractivity contribution in [2.24, 2.45) is 0 Å². The Hall–Kier alpha value is -3.13. The van der Waals surface area contributed by atoms with E-state index >= 15 is 0 Å². The number of anilines is 2. The Kier molecular flexibility index (Phi) is 6.17. The molecule has 33 heavy (non-hydrogen) atoms. The Morgan fingerprint density at radius 2 is 1.79 bits per heavy atom. The number of thiophene rings is 1. The number of nitrogens with one attached hydrogen (secondary N) is 1. The highest BCUT2D eigenvalue weighted by Gasteiger charge is 2.22. The Morgan fingerprint density at radius 1 is 1.00 bits per heavy atom. The molecule has 6 nitrogen and oxygen atoms in total. The average molecular weight is 478 g/mol. The molecule has 4 aromatic rings. The summed E-state index contributed by atoms with van der Waals surface area (Å²) >= 11 is 7.91. The average Bonchev–Trinajstić information content (AvgIpc) is 3.51. The van der Waals surface area contributed by atoms with E-state index in [-0.39, 0.29) is 5.91 Å². The maximum atomic E-state index is 13.6. The van der Waals surface area contributed by atoms with Crippen LogP contribution in [0.5, 0.6) is 0 Å². The van der Waals surface area contributed by atoms with Crippen LogP contribution in [0.3, 0.4) is 0 Å². The number of para-hydroxylation sites is 1. The van der Waals surface area contributed by atoms with E-state index in [0.717, 1.165) is 48.1 Å². The molecule has 1 amide bonds. The molecular formula is C25H24ClN5OS. The van der Waals surface area contributed by atoms with Gasteiger partial charge in [0.15, 0.2) is 0 Å². The summed E-state index contributed by atoms with van der Waals surface area (Å²) < 4.78 is 1.70. The fourth-order valence-electron chi connectivity index (χ4n) is 3.97. The van der Waals surface area contributed by atoms with E-state index in [4.69, 9.17) is 16.7 Å². The molecule has 3 heterocycles. The van der Waals surface area contributed by atoms with Crippen LogP contribution in [-0.2, 0) is 0 Å². The highest BCUT2D eigenvalue weighted by Crippen LogP contribution is 2.31. The molecule has 2 aromatic carbocycles. The number of nitrogens with zero attached hydrogens (tertiary/aromatic N) is 4. The highest BCUT2D eigenvalue weighted by molar-refractivity contribution is 7.13. The van der Waals surface area contributed by atoms with Gasteiger partial charge in [0.25, 0.3) is 5.91 Å². The number of hydrogen-bond donors (Lipinski definition) is 1. The fraction of sp³-hybridized carbons (Fsp3) is 0.200. The zero-order valence-electron chi connectivity index (χ0n) is 18.2. The summed E-state index contributed by atoms with van der Waals surface area (Å²) in [6.45, 7) is 3.74. The number of halogens is 1. The summed E-state index contributed by atoms with van der Waals surface area (Å²) in [5.41, 5.74) is 3.75. The van der Waals surface area contributed by atoms with Gasteiger partial charge in [0.1, 0.15) is 11.4 Å². The molecule has 0 spiro atoms. The summed E-state index contributed by atoms with van der Waals surface area (Å²) in [5, 5.41) is 10.4. The van der Waals surface area contributed by atoms with Crippen LogP contribution in [0, 0.1) is 0 Å². The van der Waals surface area contributed by atoms with Crippen LogP contribution in [0.25, 0.3) is 16.3 Å². The van der Waals surface area contributed by atoms with E-state index in [1.165, 1.54) is 0 Å². The van der Waals surface area contributed by atoms with Crippen molar-refractivity contribution in [1.29, 1.82) is 0 Å². The van der Waals surface area contributed by atoms with Gasteiger partial charge in [-0.1, -0.05) is 35.9 Å². The van der Waals surface area contributed by atoms with Crippen molar-refractivity contribution in [2.75, 3.05) is 43.4 Å². The van der Waals surface area contributed by atoms with Crippen molar-refractivity contribution in [1.82, 2.24) is 14.7 Å². The van der Waals surface area contributed by atoms with Crippen LogP contribution < -0.4 is 10.2 Å². The molecular weight excluding hydrogens is 454 g/mol. The summed E-state index contributed by atoms with van der Waals surface area (Å²) in [4.78, 5) is 19.2. The number of rotatable bonds is 5. The fourth-order valence-corrected chi connectivity index (χ4v) is 4.82. The quantitative estimate of drug-likeness (QED) is 0.426. The predicted octanol–water partition coefficient (Wildman–Crippen LogP) is 5.26. The van der Waals surface area contributed by atoms with Crippen molar-refractivity contribution >= 4 is 40.2 Å². The van der Waals surface area contributed by atoms with Gasteiger partial charge >= 0.3 is 0 Å². The van der Waals surface area contributed by atoms with Gasteiger partial charge in [-0.05, 0) is 54.9 Å². The van der Waals surface area contributed by atoms with E-state index in [1.54, 1.807) is 16.0 Å². The highest BCUT2D eigenvalue weighted by atomic mass is 35.5. The van der Waals surface area contributed by atoms with Crippen molar-refractivity contribution < 1.29 is 4.79 Å². The number of hydrogen-bond acceptors (Lipinski definition) is 5. The van der Waals surface area contributed by atoms with Crippen molar-refractivity contribution in [2.45, 2.75) is 0 Å². The molecule has 1 aliphatic rings. The van der Waals surface area contributed by atoms with E-state index in [0.29, 0.717) is 16.4 Å². The first-order valence-electron chi connectivity index (χ1n) is 10.8. The number of likely N-dealkylation sites (N-methyl/N-ethyl adjacent to an activating group) is 1. The van der Waals surface area contributed by atoms with Crippen molar-refractivity contribution in [3.8, 4) is 16.3 Å². The number of benzene rings is 2.